The van der Waals surface area contributed by atoms with Gasteiger partial charge in [-0.3, -0.25) is 0 Å². The topological polar surface area (TPSA) is 24.1 Å². The van der Waals surface area contributed by atoms with Crippen LogP contribution in [-0.2, 0) is 6.42 Å². The van der Waals surface area contributed by atoms with Crippen molar-refractivity contribution in [2.45, 2.75) is 45.6 Å². The van der Waals surface area contributed by atoms with Gasteiger partial charge in [0, 0.05) is 24.8 Å². The molecule has 104 valence electrons. The van der Waals surface area contributed by atoms with E-state index in [0.29, 0.717) is 5.41 Å². The minimum atomic E-state index is 0.551. The van der Waals surface area contributed by atoms with Crippen molar-refractivity contribution in [3.8, 4) is 0 Å². The number of para-hydroxylation sites is 1. The number of rotatable bonds is 3. The van der Waals surface area contributed by atoms with Gasteiger partial charge < -0.3 is 10.6 Å². The summed E-state index contributed by atoms with van der Waals surface area (Å²) < 4.78 is 0. The largest absolute Gasteiger partial charge is 0.384 e. The van der Waals surface area contributed by atoms with E-state index in [2.05, 4.69) is 48.7 Å². The lowest BCUT2D eigenvalue weighted by Gasteiger charge is -2.27. The van der Waals surface area contributed by atoms with Crippen molar-refractivity contribution in [2.24, 2.45) is 11.3 Å². The Morgan fingerprint density at radius 2 is 2.16 bits per heavy atom. The summed E-state index contributed by atoms with van der Waals surface area (Å²) in [6.45, 7) is 7.06. The molecule has 0 spiro atoms. The highest BCUT2D eigenvalue weighted by Crippen LogP contribution is 2.37. The molecule has 1 fully saturated rings. The first-order valence-electron chi connectivity index (χ1n) is 7.68. The maximum atomic E-state index is 3.80. The summed E-state index contributed by atoms with van der Waals surface area (Å²) in [5, 5.41) is 7.36. The van der Waals surface area contributed by atoms with Crippen molar-refractivity contribution in [2.75, 3.05) is 18.4 Å². The summed E-state index contributed by atoms with van der Waals surface area (Å²) in [5.41, 5.74) is 3.36. The Kier molecular flexibility index (Phi) is 3.53. The molecule has 3 rings (SSSR count). The molecule has 1 aromatic rings. The van der Waals surface area contributed by atoms with E-state index < -0.39 is 0 Å². The lowest BCUT2D eigenvalue weighted by Crippen LogP contribution is -2.37. The number of benzene rings is 1. The Morgan fingerprint density at radius 3 is 2.95 bits per heavy atom. The average molecular weight is 258 g/mol. The average Bonchev–Trinajstić information content (AvgIpc) is 2.76. The fourth-order valence-electron chi connectivity index (χ4n) is 3.60. The van der Waals surface area contributed by atoms with Crippen LogP contribution in [0.2, 0.25) is 0 Å². The summed E-state index contributed by atoms with van der Waals surface area (Å²) in [6.07, 6.45) is 5.27. The molecule has 0 aromatic heterocycles. The fourth-order valence-corrected chi connectivity index (χ4v) is 3.60. The van der Waals surface area contributed by atoms with Crippen LogP contribution >= 0.6 is 0 Å². The normalized spacial score (nSPS) is 28.7. The molecule has 2 aliphatic rings. The Labute approximate surface area is 117 Å². The molecular formula is C17H26N2. The Hall–Kier alpha value is -1.02. The lowest BCUT2D eigenvalue weighted by molar-refractivity contribution is 0.356. The number of hydrogen-bond donors (Lipinski definition) is 2. The van der Waals surface area contributed by atoms with Gasteiger partial charge in [0.05, 0.1) is 0 Å². The number of nitrogens with one attached hydrogen (secondary N) is 2. The molecular weight excluding hydrogens is 232 g/mol. The lowest BCUT2D eigenvalue weighted by atomic mass is 9.91. The van der Waals surface area contributed by atoms with Crippen molar-refractivity contribution >= 4 is 5.69 Å². The second kappa shape index (κ2) is 5.16. The highest BCUT2D eigenvalue weighted by Gasteiger charge is 2.31. The van der Waals surface area contributed by atoms with Crippen LogP contribution in [0.3, 0.4) is 0 Å². The first-order valence-corrected chi connectivity index (χ1v) is 7.68. The Bertz CT molecular complexity index is 439. The summed E-state index contributed by atoms with van der Waals surface area (Å²) in [4.78, 5) is 0. The van der Waals surface area contributed by atoms with E-state index in [1.165, 1.54) is 36.9 Å². The quantitative estimate of drug-likeness (QED) is 0.868. The third-order valence-electron chi connectivity index (χ3n) is 4.77. The maximum Gasteiger partial charge on any atom is 0.0372 e. The van der Waals surface area contributed by atoms with Crippen LogP contribution in [0.1, 0.15) is 38.7 Å². The third-order valence-corrected chi connectivity index (χ3v) is 4.77. The van der Waals surface area contributed by atoms with E-state index in [9.17, 15) is 0 Å². The van der Waals surface area contributed by atoms with Crippen molar-refractivity contribution < 1.29 is 0 Å². The van der Waals surface area contributed by atoms with E-state index in [4.69, 9.17) is 0 Å². The van der Waals surface area contributed by atoms with Crippen molar-refractivity contribution in [3.05, 3.63) is 29.8 Å². The first kappa shape index (κ1) is 13.0. The maximum absolute atomic E-state index is 3.80. The van der Waals surface area contributed by atoms with Gasteiger partial charge in [0.1, 0.15) is 0 Å². The second-order valence-electron chi connectivity index (χ2n) is 7.12. The number of hydrogen-bond acceptors (Lipinski definition) is 2. The van der Waals surface area contributed by atoms with E-state index in [-0.39, 0.29) is 0 Å². The molecule has 19 heavy (non-hydrogen) atoms. The van der Waals surface area contributed by atoms with Crippen LogP contribution in [0.15, 0.2) is 24.3 Å². The van der Waals surface area contributed by atoms with Crippen LogP contribution in [-0.4, -0.2) is 19.1 Å². The predicted octanol–water partition coefficient (Wildman–Crippen LogP) is 3.44. The molecule has 2 heteroatoms. The van der Waals surface area contributed by atoms with Gasteiger partial charge in [-0.2, -0.15) is 0 Å². The van der Waals surface area contributed by atoms with Gasteiger partial charge in [-0.1, -0.05) is 32.0 Å². The summed E-state index contributed by atoms with van der Waals surface area (Å²) in [6, 6.07) is 9.46. The molecule has 0 bridgehead atoms. The molecule has 0 amide bonds. The zero-order chi connectivity index (χ0) is 13.3. The third kappa shape index (κ3) is 3.11. The zero-order valence-electron chi connectivity index (χ0n) is 12.2. The highest BCUT2D eigenvalue weighted by molar-refractivity contribution is 5.53. The van der Waals surface area contributed by atoms with Crippen LogP contribution in [0.4, 0.5) is 5.69 Å². The van der Waals surface area contributed by atoms with Crippen LogP contribution in [0.5, 0.6) is 0 Å². The van der Waals surface area contributed by atoms with Crippen LogP contribution in [0.25, 0.3) is 0 Å². The summed E-state index contributed by atoms with van der Waals surface area (Å²) >= 11 is 0. The predicted molar refractivity (Wildman–Crippen MR) is 81.5 cm³/mol. The highest BCUT2D eigenvalue weighted by atomic mass is 15.0. The van der Waals surface area contributed by atoms with E-state index in [1.807, 2.05) is 0 Å². The minimum Gasteiger partial charge on any atom is -0.384 e. The van der Waals surface area contributed by atoms with Crippen molar-refractivity contribution in [3.63, 3.8) is 0 Å². The standard InChI is InChI=1S/C17H26N2/c1-17(2)8-7-15(10-17)18-11-13-9-14-5-3-4-6-16(14)19-12-13/h3-6,13,15,18-19H,7-12H2,1-2H3. The second-order valence-corrected chi connectivity index (χ2v) is 7.12. The molecule has 1 saturated carbocycles. The van der Waals surface area contributed by atoms with E-state index in [1.54, 1.807) is 0 Å². The molecule has 1 heterocycles. The monoisotopic (exact) mass is 258 g/mol. The van der Waals surface area contributed by atoms with Crippen molar-refractivity contribution in [1.82, 2.24) is 5.32 Å². The first-order chi connectivity index (χ1) is 9.12. The van der Waals surface area contributed by atoms with Crippen LogP contribution < -0.4 is 10.6 Å². The fraction of sp³-hybridized carbons (Fsp3) is 0.647. The molecule has 2 nitrogen and oxygen atoms in total. The Morgan fingerprint density at radius 1 is 1.32 bits per heavy atom. The summed E-state index contributed by atoms with van der Waals surface area (Å²) in [5.74, 6) is 0.735. The van der Waals surface area contributed by atoms with Gasteiger partial charge in [-0.15, -0.1) is 0 Å². The molecule has 1 aliphatic heterocycles. The van der Waals surface area contributed by atoms with Gasteiger partial charge in [0.2, 0.25) is 0 Å². The smallest absolute Gasteiger partial charge is 0.0372 e. The zero-order valence-corrected chi connectivity index (χ0v) is 12.2. The Balaban J connectivity index is 1.50. The van der Waals surface area contributed by atoms with E-state index >= 15 is 0 Å². The SMILES string of the molecule is CC1(C)CCC(NCC2CNc3ccccc3C2)C1. The van der Waals surface area contributed by atoms with Gasteiger partial charge in [0.15, 0.2) is 0 Å². The van der Waals surface area contributed by atoms with E-state index in [0.717, 1.165) is 25.0 Å². The van der Waals surface area contributed by atoms with Gasteiger partial charge in [-0.25, -0.2) is 0 Å². The van der Waals surface area contributed by atoms with Gasteiger partial charge in [-0.05, 0) is 48.6 Å². The number of fused-ring (bicyclic) bond motifs is 1. The molecule has 2 N–H and O–H groups in total. The molecule has 1 aromatic carbocycles. The molecule has 2 unspecified atom stereocenters. The molecule has 0 radical (unpaired) electrons. The number of anilines is 1. The van der Waals surface area contributed by atoms with Gasteiger partial charge in [0.25, 0.3) is 0 Å². The molecule has 1 aliphatic carbocycles. The van der Waals surface area contributed by atoms with Crippen molar-refractivity contribution in [1.29, 1.82) is 0 Å². The minimum absolute atomic E-state index is 0.551. The molecule has 2 atom stereocenters. The molecule has 0 saturated heterocycles. The van der Waals surface area contributed by atoms with Crippen LogP contribution in [0, 0.1) is 11.3 Å². The van der Waals surface area contributed by atoms with Gasteiger partial charge >= 0.3 is 0 Å². The summed E-state index contributed by atoms with van der Waals surface area (Å²) in [7, 11) is 0.